The second-order valence-corrected chi connectivity index (χ2v) is 8.12. The summed E-state index contributed by atoms with van der Waals surface area (Å²) in [6.45, 7) is 11.9. The Balaban J connectivity index is 1.95. The van der Waals surface area contributed by atoms with Gasteiger partial charge in [-0.2, -0.15) is 0 Å². The molecule has 2 rings (SSSR count). The molecule has 0 bridgehead atoms. The minimum Gasteiger partial charge on any atom is -0.469 e. The van der Waals surface area contributed by atoms with Crippen molar-refractivity contribution in [3.8, 4) is 0 Å². The zero-order chi connectivity index (χ0) is 18.9. The van der Waals surface area contributed by atoms with Crippen molar-refractivity contribution >= 4 is 13.1 Å². The van der Waals surface area contributed by atoms with Crippen LogP contribution in [0.3, 0.4) is 0 Å². The highest BCUT2D eigenvalue weighted by Gasteiger charge is 2.50. The number of carbonyl (C=O) groups excluding carboxylic acids is 1. The van der Waals surface area contributed by atoms with E-state index in [1.54, 1.807) is 0 Å². The first kappa shape index (κ1) is 20.4. The smallest absolute Gasteiger partial charge is 0.469 e. The van der Waals surface area contributed by atoms with Crippen molar-refractivity contribution < 1.29 is 28.3 Å². The molecule has 0 aliphatic carbocycles. The molecule has 25 heavy (non-hydrogen) atoms. The van der Waals surface area contributed by atoms with Gasteiger partial charge < -0.3 is 23.5 Å². The Morgan fingerprint density at radius 1 is 1.08 bits per heavy atom. The standard InChI is InChI=1S/C18H31BO6/c1-16(2)17(3,4)25-19(24-16)12-11-14-13(22-18(5,6)23-14)9-8-10-15(20)21-7/h11-14H,8-10H2,1-7H3/b12-11+/t13-,14+/m0/s1. The van der Waals surface area contributed by atoms with E-state index in [0.29, 0.717) is 12.8 Å². The van der Waals surface area contributed by atoms with Gasteiger partial charge in [-0.05, 0) is 54.4 Å². The summed E-state index contributed by atoms with van der Waals surface area (Å²) in [5, 5.41) is 0. The normalized spacial score (nSPS) is 30.1. The van der Waals surface area contributed by atoms with Gasteiger partial charge in [-0.15, -0.1) is 0 Å². The fraction of sp³-hybridized carbons (Fsp3) is 0.833. The third-order valence-electron chi connectivity index (χ3n) is 5.05. The molecular formula is C18H31BO6. The molecule has 0 N–H and O–H groups in total. The molecule has 6 nitrogen and oxygen atoms in total. The average Bonchev–Trinajstić information content (AvgIpc) is 2.88. The lowest BCUT2D eigenvalue weighted by molar-refractivity contribution is -0.144. The first-order chi connectivity index (χ1) is 11.5. The van der Waals surface area contributed by atoms with Crippen molar-refractivity contribution in [1.82, 2.24) is 0 Å². The summed E-state index contributed by atoms with van der Waals surface area (Å²) in [6.07, 6.45) is 3.42. The van der Waals surface area contributed by atoms with Gasteiger partial charge in [-0.3, -0.25) is 4.79 Å². The number of hydrogen-bond acceptors (Lipinski definition) is 6. The number of hydrogen-bond donors (Lipinski definition) is 0. The van der Waals surface area contributed by atoms with Crippen LogP contribution in [0.2, 0.25) is 0 Å². The monoisotopic (exact) mass is 354 g/mol. The lowest BCUT2D eigenvalue weighted by Crippen LogP contribution is -2.41. The van der Waals surface area contributed by atoms with Crippen molar-refractivity contribution in [2.24, 2.45) is 0 Å². The zero-order valence-electron chi connectivity index (χ0n) is 16.5. The summed E-state index contributed by atoms with van der Waals surface area (Å²) in [5.41, 5.74) is -0.734. The Hall–Kier alpha value is -0.885. The molecule has 0 aromatic heterocycles. The van der Waals surface area contributed by atoms with Crippen molar-refractivity contribution in [2.45, 2.75) is 90.0 Å². The maximum absolute atomic E-state index is 11.3. The molecule has 0 unspecified atom stereocenters. The number of ether oxygens (including phenoxy) is 3. The summed E-state index contributed by atoms with van der Waals surface area (Å²) in [7, 11) is 0.990. The van der Waals surface area contributed by atoms with Crippen LogP contribution >= 0.6 is 0 Å². The summed E-state index contributed by atoms with van der Waals surface area (Å²) >= 11 is 0. The third kappa shape index (κ3) is 5.06. The van der Waals surface area contributed by atoms with E-state index in [4.69, 9.17) is 18.8 Å². The van der Waals surface area contributed by atoms with Gasteiger partial charge in [-0.1, -0.05) is 12.1 Å². The molecule has 0 amide bonds. The Bertz CT molecular complexity index is 498. The van der Waals surface area contributed by atoms with E-state index in [1.165, 1.54) is 7.11 Å². The Labute approximate surface area is 151 Å². The minimum absolute atomic E-state index is 0.113. The molecule has 2 aliphatic rings. The van der Waals surface area contributed by atoms with Crippen LogP contribution in [0.1, 0.15) is 60.8 Å². The largest absolute Gasteiger partial charge is 0.486 e. The van der Waals surface area contributed by atoms with Crippen LogP contribution in [-0.2, 0) is 28.3 Å². The Morgan fingerprint density at radius 3 is 2.24 bits per heavy atom. The molecule has 2 heterocycles. The first-order valence-corrected chi connectivity index (χ1v) is 8.92. The quantitative estimate of drug-likeness (QED) is 0.540. The highest BCUT2D eigenvalue weighted by molar-refractivity contribution is 6.51. The first-order valence-electron chi connectivity index (χ1n) is 8.92. The van der Waals surface area contributed by atoms with Crippen LogP contribution in [0.25, 0.3) is 0 Å². The van der Waals surface area contributed by atoms with Crippen molar-refractivity contribution in [1.29, 1.82) is 0 Å². The summed E-state index contributed by atoms with van der Waals surface area (Å²) in [6, 6.07) is 0. The van der Waals surface area contributed by atoms with Gasteiger partial charge in [0, 0.05) is 6.42 Å². The number of carbonyl (C=O) groups is 1. The van der Waals surface area contributed by atoms with Crippen LogP contribution in [0, 0.1) is 0 Å². The van der Waals surface area contributed by atoms with E-state index in [1.807, 2.05) is 53.6 Å². The van der Waals surface area contributed by atoms with E-state index in [2.05, 4.69) is 4.74 Å². The van der Waals surface area contributed by atoms with Gasteiger partial charge in [-0.25, -0.2) is 0 Å². The van der Waals surface area contributed by atoms with Crippen LogP contribution in [0.4, 0.5) is 0 Å². The maximum atomic E-state index is 11.3. The van der Waals surface area contributed by atoms with E-state index >= 15 is 0 Å². The summed E-state index contributed by atoms with van der Waals surface area (Å²) in [4.78, 5) is 11.3. The molecule has 0 saturated carbocycles. The lowest BCUT2D eigenvalue weighted by atomic mass is 9.88. The van der Waals surface area contributed by atoms with Gasteiger partial charge in [0.1, 0.15) is 6.10 Å². The lowest BCUT2D eigenvalue weighted by Gasteiger charge is -2.32. The second kappa shape index (κ2) is 7.39. The predicted octanol–water partition coefficient (Wildman–Crippen LogP) is 3.04. The van der Waals surface area contributed by atoms with Crippen molar-refractivity contribution in [2.75, 3.05) is 7.11 Å². The van der Waals surface area contributed by atoms with Crippen molar-refractivity contribution in [3.05, 3.63) is 12.1 Å². The molecule has 0 aromatic carbocycles. The number of rotatable bonds is 6. The van der Waals surface area contributed by atoms with Crippen LogP contribution in [0.15, 0.2) is 12.1 Å². The molecule has 2 atom stereocenters. The molecule has 7 heteroatoms. The molecule has 142 valence electrons. The van der Waals surface area contributed by atoms with E-state index < -0.39 is 12.9 Å². The molecular weight excluding hydrogens is 323 g/mol. The molecule has 0 spiro atoms. The van der Waals surface area contributed by atoms with Gasteiger partial charge >= 0.3 is 13.1 Å². The Kier molecular flexibility index (Phi) is 6.04. The Morgan fingerprint density at radius 2 is 1.68 bits per heavy atom. The van der Waals surface area contributed by atoms with Gasteiger partial charge in [0.25, 0.3) is 0 Å². The highest BCUT2D eigenvalue weighted by atomic mass is 16.7. The van der Waals surface area contributed by atoms with Gasteiger partial charge in [0.05, 0.1) is 24.4 Å². The SMILES string of the molecule is COC(=O)CCC[C@@H]1OC(C)(C)O[C@@H]1/C=C/B1OC(C)(C)C(C)(C)O1. The topological polar surface area (TPSA) is 63.2 Å². The summed E-state index contributed by atoms with van der Waals surface area (Å²) in [5.74, 6) is 1.03. The average molecular weight is 354 g/mol. The van der Waals surface area contributed by atoms with Crippen LogP contribution in [0.5, 0.6) is 0 Å². The maximum Gasteiger partial charge on any atom is 0.486 e. The molecule has 2 aliphatic heterocycles. The van der Waals surface area contributed by atoms with Gasteiger partial charge in [0.2, 0.25) is 0 Å². The van der Waals surface area contributed by atoms with E-state index in [9.17, 15) is 4.79 Å². The second-order valence-electron chi connectivity index (χ2n) is 8.12. The highest BCUT2D eigenvalue weighted by Crippen LogP contribution is 2.37. The zero-order valence-corrected chi connectivity index (χ0v) is 16.5. The van der Waals surface area contributed by atoms with E-state index in [0.717, 1.165) is 6.42 Å². The molecule has 2 fully saturated rings. The number of methoxy groups -OCH3 is 1. The van der Waals surface area contributed by atoms with Crippen LogP contribution in [-0.4, -0.2) is 49.4 Å². The molecule has 0 aromatic rings. The minimum atomic E-state index is -0.652. The number of esters is 1. The fourth-order valence-electron chi connectivity index (χ4n) is 2.97. The van der Waals surface area contributed by atoms with Crippen molar-refractivity contribution in [3.63, 3.8) is 0 Å². The predicted molar refractivity (Wildman–Crippen MR) is 94.9 cm³/mol. The molecule has 2 saturated heterocycles. The molecule has 0 radical (unpaired) electrons. The summed E-state index contributed by atoms with van der Waals surface area (Å²) < 4.78 is 28.6. The van der Waals surface area contributed by atoms with Crippen LogP contribution < -0.4 is 0 Å². The third-order valence-corrected chi connectivity index (χ3v) is 5.05. The fourth-order valence-corrected chi connectivity index (χ4v) is 2.97. The van der Waals surface area contributed by atoms with E-state index in [-0.39, 0.29) is 29.4 Å². The van der Waals surface area contributed by atoms with Gasteiger partial charge in [0.15, 0.2) is 5.79 Å².